The summed E-state index contributed by atoms with van der Waals surface area (Å²) in [5.74, 6) is 0. The highest BCUT2D eigenvalue weighted by Crippen LogP contribution is 2.03. The second kappa shape index (κ2) is 6.88. The molecule has 0 saturated carbocycles. The van der Waals surface area contributed by atoms with Crippen molar-refractivity contribution in [2.24, 2.45) is 5.73 Å². The Bertz CT molecular complexity index is 568. The molecule has 0 spiro atoms. The normalized spacial score (nSPS) is 15.6. The molecule has 110 valence electrons. The molecule has 1 heterocycles. The Morgan fingerprint density at radius 2 is 2.25 bits per heavy atom. The van der Waals surface area contributed by atoms with Crippen molar-refractivity contribution in [1.29, 1.82) is 0 Å². The molecule has 1 aromatic carbocycles. The van der Waals surface area contributed by atoms with Gasteiger partial charge in [-0.3, -0.25) is 0 Å². The number of nitrogens with one attached hydrogen (secondary N) is 1. The quantitative estimate of drug-likeness (QED) is 0.631. The SMILES string of the molecule is Cc1ccc2c(c1)=C(C(O)CN(C)CCCN)NCC=2. The first kappa shape index (κ1) is 15.0. The number of aliphatic hydroxyl groups excluding tert-OH is 1. The summed E-state index contributed by atoms with van der Waals surface area (Å²) < 4.78 is 0. The third-order valence-corrected chi connectivity index (χ3v) is 3.68. The van der Waals surface area contributed by atoms with E-state index in [0.29, 0.717) is 13.1 Å². The topological polar surface area (TPSA) is 61.5 Å². The molecule has 1 atom stereocenters. The van der Waals surface area contributed by atoms with Crippen LogP contribution in [-0.2, 0) is 0 Å². The minimum Gasteiger partial charge on any atom is -0.386 e. The van der Waals surface area contributed by atoms with Crippen LogP contribution in [0.25, 0.3) is 11.8 Å². The van der Waals surface area contributed by atoms with Crippen molar-refractivity contribution >= 4 is 11.8 Å². The fraction of sp³-hybridized carbons (Fsp3) is 0.500. The number of aliphatic hydroxyl groups is 1. The van der Waals surface area contributed by atoms with E-state index in [9.17, 15) is 5.11 Å². The highest BCUT2D eigenvalue weighted by atomic mass is 16.3. The van der Waals surface area contributed by atoms with Crippen LogP contribution in [0.4, 0.5) is 0 Å². The Kier molecular flexibility index (Phi) is 5.17. The van der Waals surface area contributed by atoms with Gasteiger partial charge >= 0.3 is 0 Å². The zero-order chi connectivity index (χ0) is 14.5. The zero-order valence-electron chi connectivity index (χ0n) is 12.4. The molecule has 0 amide bonds. The summed E-state index contributed by atoms with van der Waals surface area (Å²) in [4.78, 5) is 2.12. The molecule has 0 radical (unpaired) electrons. The van der Waals surface area contributed by atoms with Gasteiger partial charge in [0.1, 0.15) is 6.10 Å². The van der Waals surface area contributed by atoms with E-state index in [4.69, 9.17) is 5.73 Å². The molecule has 0 saturated heterocycles. The van der Waals surface area contributed by atoms with Gasteiger partial charge in [-0.1, -0.05) is 23.8 Å². The van der Waals surface area contributed by atoms with Gasteiger partial charge in [-0.15, -0.1) is 0 Å². The van der Waals surface area contributed by atoms with Gasteiger partial charge in [0.25, 0.3) is 0 Å². The number of hydrogen-bond donors (Lipinski definition) is 3. The monoisotopic (exact) mass is 275 g/mol. The molecule has 1 unspecified atom stereocenters. The fourth-order valence-electron chi connectivity index (χ4n) is 2.58. The summed E-state index contributed by atoms with van der Waals surface area (Å²) in [6.07, 6.45) is 2.62. The number of fused-ring (bicyclic) bond motifs is 1. The van der Waals surface area contributed by atoms with Crippen LogP contribution >= 0.6 is 0 Å². The van der Waals surface area contributed by atoms with Gasteiger partial charge in [0.15, 0.2) is 0 Å². The number of nitrogens with two attached hydrogens (primary N) is 1. The van der Waals surface area contributed by atoms with E-state index in [1.54, 1.807) is 0 Å². The maximum Gasteiger partial charge on any atom is 0.107 e. The fourth-order valence-corrected chi connectivity index (χ4v) is 2.58. The summed E-state index contributed by atoms with van der Waals surface area (Å²) in [7, 11) is 2.02. The Morgan fingerprint density at radius 3 is 3.00 bits per heavy atom. The zero-order valence-corrected chi connectivity index (χ0v) is 12.4. The molecular formula is C16H25N3O. The molecule has 0 fully saturated rings. The maximum atomic E-state index is 10.5. The van der Waals surface area contributed by atoms with E-state index in [0.717, 1.165) is 30.4 Å². The van der Waals surface area contributed by atoms with Gasteiger partial charge in [-0.05, 0) is 44.8 Å². The Labute approximate surface area is 120 Å². The van der Waals surface area contributed by atoms with Gasteiger partial charge in [0.05, 0.1) is 0 Å². The lowest BCUT2D eigenvalue weighted by Crippen LogP contribution is -2.44. The molecule has 0 aromatic heterocycles. The summed E-state index contributed by atoms with van der Waals surface area (Å²) >= 11 is 0. The van der Waals surface area contributed by atoms with Crippen LogP contribution in [-0.4, -0.2) is 49.3 Å². The van der Waals surface area contributed by atoms with E-state index in [-0.39, 0.29) is 0 Å². The molecule has 4 heteroatoms. The maximum absolute atomic E-state index is 10.5. The van der Waals surface area contributed by atoms with Crippen LogP contribution in [0.1, 0.15) is 12.0 Å². The summed E-state index contributed by atoms with van der Waals surface area (Å²) in [5.41, 5.74) is 7.67. The minimum absolute atomic E-state index is 0.493. The predicted molar refractivity (Wildman–Crippen MR) is 83.5 cm³/mol. The lowest BCUT2D eigenvalue weighted by molar-refractivity contribution is 0.165. The highest BCUT2D eigenvalue weighted by Gasteiger charge is 2.15. The lowest BCUT2D eigenvalue weighted by atomic mass is 10.1. The summed E-state index contributed by atoms with van der Waals surface area (Å²) in [6.45, 7) is 5.07. The van der Waals surface area contributed by atoms with E-state index in [2.05, 4.69) is 41.4 Å². The van der Waals surface area contributed by atoms with Crippen molar-refractivity contribution in [3.63, 3.8) is 0 Å². The van der Waals surface area contributed by atoms with Crippen molar-refractivity contribution < 1.29 is 5.11 Å². The van der Waals surface area contributed by atoms with Crippen LogP contribution in [0.2, 0.25) is 0 Å². The first-order chi connectivity index (χ1) is 9.61. The minimum atomic E-state index is -0.493. The molecule has 2 rings (SSSR count). The molecule has 1 aliphatic heterocycles. The molecule has 4 N–H and O–H groups in total. The number of nitrogens with zero attached hydrogens (tertiary/aromatic N) is 1. The van der Waals surface area contributed by atoms with Crippen molar-refractivity contribution in [2.75, 3.05) is 33.2 Å². The summed E-state index contributed by atoms with van der Waals surface area (Å²) in [6, 6.07) is 6.37. The van der Waals surface area contributed by atoms with Gasteiger partial charge < -0.3 is 21.1 Å². The third-order valence-electron chi connectivity index (χ3n) is 3.68. The number of rotatable bonds is 6. The van der Waals surface area contributed by atoms with Crippen LogP contribution in [0.3, 0.4) is 0 Å². The second-order valence-electron chi connectivity index (χ2n) is 5.51. The van der Waals surface area contributed by atoms with E-state index in [1.165, 1.54) is 10.8 Å². The molecule has 4 nitrogen and oxygen atoms in total. The standard InChI is InChI=1S/C16H25N3O/c1-12-4-5-13-6-8-18-16(14(13)10-12)15(20)11-19(2)9-3-7-17/h4-6,10,15,18,20H,3,7-9,11,17H2,1-2H3. The number of hydrogen-bond acceptors (Lipinski definition) is 4. The van der Waals surface area contributed by atoms with E-state index < -0.39 is 6.10 Å². The molecule has 1 aliphatic rings. The molecular weight excluding hydrogens is 250 g/mol. The smallest absolute Gasteiger partial charge is 0.107 e. The van der Waals surface area contributed by atoms with Crippen molar-refractivity contribution in [3.8, 4) is 0 Å². The largest absolute Gasteiger partial charge is 0.386 e. The van der Waals surface area contributed by atoms with Gasteiger partial charge in [-0.2, -0.15) is 0 Å². The third kappa shape index (κ3) is 3.60. The summed E-state index contributed by atoms with van der Waals surface area (Å²) in [5, 5.41) is 16.1. The average Bonchev–Trinajstić information content (AvgIpc) is 2.44. The number of benzene rings is 1. The average molecular weight is 275 g/mol. The molecule has 0 bridgehead atoms. The van der Waals surface area contributed by atoms with Gasteiger partial charge in [0.2, 0.25) is 0 Å². The highest BCUT2D eigenvalue weighted by molar-refractivity contribution is 5.53. The van der Waals surface area contributed by atoms with Crippen LogP contribution in [0.15, 0.2) is 18.2 Å². The van der Waals surface area contributed by atoms with Crippen LogP contribution in [0, 0.1) is 6.92 Å². The van der Waals surface area contributed by atoms with Crippen molar-refractivity contribution in [1.82, 2.24) is 10.2 Å². The van der Waals surface area contributed by atoms with Crippen molar-refractivity contribution in [3.05, 3.63) is 34.2 Å². The van der Waals surface area contributed by atoms with Crippen molar-refractivity contribution in [2.45, 2.75) is 19.4 Å². The van der Waals surface area contributed by atoms with Gasteiger partial charge in [-0.25, -0.2) is 0 Å². The first-order valence-electron chi connectivity index (χ1n) is 7.23. The predicted octanol–water partition coefficient (Wildman–Crippen LogP) is -0.872. The molecule has 0 aliphatic carbocycles. The Morgan fingerprint density at radius 1 is 1.45 bits per heavy atom. The van der Waals surface area contributed by atoms with Crippen LogP contribution in [0.5, 0.6) is 0 Å². The van der Waals surface area contributed by atoms with Gasteiger partial charge in [0, 0.05) is 24.0 Å². The number of likely N-dealkylation sites (N-methyl/N-ethyl adjacent to an activating group) is 1. The number of aryl methyl sites for hydroxylation is 1. The molecule has 20 heavy (non-hydrogen) atoms. The first-order valence-corrected chi connectivity index (χ1v) is 7.23. The lowest BCUT2D eigenvalue weighted by Gasteiger charge is -2.24. The van der Waals surface area contributed by atoms with E-state index >= 15 is 0 Å². The Balaban J connectivity index is 2.22. The van der Waals surface area contributed by atoms with E-state index in [1.807, 2.05) is 7.05 Å². The second-order valence-corrected chi connectivity index (χ2v) is 5.51. The molecule has 1 aromatic rings. The van der Waals surface area contributed by atoms with Crippen LogP contribution < -0.4 is 21.5 Å². The Hall–Kier alpha value is -1.36.